The number of hydrazone groups is 1. The van der Waals surface area contributed by atoms with Crippen LogP contribution in [0.25, 0.3) is 0 Å². The van der Waals surface area contributed by atoms with E-state index in [1.165, 1.54) is 17.1 Å². The highest BCUT2D eigenvalue weighted by Gasteiger charge is 2.26. The fourth-order valence-electron chi connectivity index (χ4n) is 2.74. The summed E-state index contributed by atoms with van der Waals surface area (Å²) in [5.74, 6) is -0.555. The molecule has 2 aromatic carbocycles. The van der Waals surface area contributed by atoms with Gasteiger partial charge < -0.3 is 5.32 Å². The van der Waals surface area contributed by atoms with Gasteiger partial charge in [-0.1, -0.05) is 23.7 Å². The van der Waals surface area contributed by atoms with Crippen molar-refractivity contribution in [3.8, 4) is 6.07 Å². The van der Waals surface area contributed by atoms with Crippen LogP contribution in [0.1, 0.15) is 29.5 Å². The highest BCUT2D eigenvalue weighted by atomic mass is 35.5. The zero-order valence-corrected chi connectivity index (χ0v) is 15.7. The molecule has 1 aliphatic heterocycles. The van der Waals surface area contributed by atoms with Crippen LogP contribution in [0.3, 0.4) is 0 Å². The first-order valence-electron chi connectivity index (χ1n) is 8.37. The Bertz CT molecular complexity index is 1010. The predicted octanol–water partition coefficient (Wildman–Crippen LogP) is 3.95. The molecule has 0 aromatic heterocycles. The van der Waals surface area contributed by atoms with E-state index in [-0.39, 0.29) is 29.5 Å². The second-order valence-corrected chi connectivity index (χ2v) is 6.71. The molecule has 3 rings (SSSR count). The van der Waals surface area contributed by atoms with Crippen molar-refractivity contribution in [2.75, 3.05) is 10.3 Å². The molecule has 0 fully saturated rings. The lowest BCUT2D eigenvalue weighted by molar-refractivity contribution is -0.118. The molecule has 0 spiro atoms. The summed E-state index contributed by atoms with van der Waals surface area (Å²) >= 11 is 6.00. The van der Waals surface area contributed by atoms with Crippen molar-refractivity contribution in [2.45, 2.75) is 26.7 Å². The van der Waals surface area contributed by atoms with E-state index in [2.05, 4.69) is 10.4 Å². The van der Waals surface area contributed by atoms with E-state index in [0.29, 0.717) is 16.9 Å². The Morgan fingerprint density at radius 2 is 2.00 bits per heavy atom. The normalized spacial score (nSPS) is 13.8. The van der Waals surface area contributed by atoms with Crippen molar-refractivity contribution in [2.24, 2.45) is 5.10 Å². The Hall–Kier alpha value is -3.17. The Morgan fingerprint density at radius 3 is 2.70 bits per heavy atom. The number of nitrogens with one attached hydrogen (secondary N) is 1. The van der Waals surface area contributed by atoms with Crippen molar-refractivity contribution in [3.63, 3.8) is 0 Å². The van der Waals surface area contributed by atoms with Gasteiger partial charge in [-0.3, -0.25) is 9.59 Å². The van der Waals surface area contributed by atoms with Crippen LogP contribution in [0.4, 0.5) is 11.4 Å². The monoisotopic (exact) mass is 380 g/mol. The van der Waals surface area contributed by atoms with Gasteiger partial charge in [0.2, 0.25) is 5.91 Å². The summed E-state index contributed by atoms with van der Waals surface area (Å²) in [7, 11) is 0. The average Bonchev–Trinajstić information content (AvgIpc) is 2.64. The molecule has 0 saturated carbocycles. The van der Waals surface area contributed by atoms with Gasteiger partial charge in [0.15, 0.2) is 0 Å². The third-order valence-electron chi connectivity index (χ3n) is 4.23. The van der Waals surface area contributed by atoms with Crippen molar-refractivity contribution >= 4 is 40.5 Å². The fourth-order valence-corrected chi connectivity index (χ4v) is 2.96. The van der Waals surface area contributed by atoms with Gasteiger partial charge in [-0.25, -0.2) is 5.01 Å². The maximum Gasteiger partial charge on any atom is 0.271 e. The van der Waals surface area contributed by atoms with Crippen molar-refractivity contribution in [1.82, 2.24) is 0 Å². The minimum atomic E-state index is -0.404. The Kier molecular flexibility index (Phi) is 5.24. The number of nitriles is 1. The maximum atomic E-state index is 12.6. The second kappa shape index (κ2) is 7.60. The lowest BCUT2D eigenvalue weighted by atomic mass is 10.1. The van der Waals surface area contributed by atoms with Crippen LogP contribution < -0.4 is 10.3 Å². The molecule has 27 heavy (non-hydrogen) atoms. The number of hydrogen-bond acceptors (Lipinski definition) is 4. The number of halogens is 1. The summed E-state index contributed by atoms with van der Waals surface area (Å²) in [4.78, 5) is 24.9. The Balaban J connectivity index is 1.86. The van der Waals surface area contributed by atoms with Gasteiger partial charge in [0, 0.05) is 18.5 Å². The summed E-state index contributed by atoms with van der Waals surface area (Å²) in [6, 6.07) is 12.4. The third kappa shape index (κ3) is 3.99. The smallest absolute Gasteiger partial charge is 0.271 e. The van der Waals surface area contributed by atoms with Crippen molar-refractivity contribution in [3.05, 3.63) is 58.1 Å². The summed E-state index contributed by atoms with van der Waals surface area (Å²) in [6.45, 7) is 3.83. The average molecular weight is 381 g/mol. The molecule has 2 aromatic rings. The molecular formula is C20H17ClN4O2. The van der Waals surface area contributed by atoms with Crippen LogP contribution in [0, 0.1) is 25.2 Å². The molecule has 1 heterocycles. The van der Waals surface area contributed by atoms with Gasteiger partial charge in [-0.2, -0.15) is 10.4 Å². The molecule has 7 heteroatoms. The number of benzene rings is 2. The highest BCUT2D eigenvalue weighted by Crippen LogP contribution is 2.26. The first kappa shape index (κ1) is 18.6. The van der Waals surface area contributed by atoms with Crippen molar-refractivity contribution in [1.29, 1.82) is 5.26 Å². The van der Waals surface area contributed by atoms with Gasteiger partial charge in [0.1, 0.15) is 11.8 Å². The van der Waals surface area contributed by atoms with Crippen LogP contribution in [-0.2, 0) is 9.59 Å². The van der Waals surface area contributed by atoms with Crippen LogP contribution in [0.2, 0.25) is 5.02 Å². The summed E-state index contributed by atoms with van der Waals surface area (Å²) in [5.41, 5.74) is 3.63. The number of hydrogen-bond donors (Lipinski definition) is 1. The number of aryl methyl sites for hydroxylation is 2. The topological polar surface area (TPSA) is 85.6 Å². The minimum Gasteiger partial charge on any atom is -0.321 e. The molecule has 0 atom stereocenters. The largest absolute Gasteiger partial charge is 0.321 e. The van der Waals surface area contributed by atoms with E-state index in [0.717, 1.165) is 11.1 Å². The summed E-state index contributed by atoms with van der Waals surface area (Å²) < 4.78 is 0. The number of anilines is 2. The van der Waals surface area contributed by atoms with E-state index in [1.54, 1.807) is 6.07 Å². The summed E-state index contributed by atoms with van der Waals surface area (Å²) in [5, 5.41) is 17.5. The lowest BCUT2D eigenvalue weighted by Crippen LogP contribution is -2.36. The van der Waals surface area contributed by atoms with Crippen molar-refractivity contribution < 1.29 is 9.59 Å². The van der Waals surface area contributed by atoms with E-state index in [1.807, 2.05) is 38.1 Å². The molecule has 1 aliphatic rings. The van der Waals surface area contributed by atoms with Gasteiger partial charge >= 0.3 is 0 Å². The van der Waals surface area contributed by atoms with Crippen LogP contribution in [0.5, 0.6) is 0 Å². The number of carbonyl (C=O) groups is 2. The zero-order valence-electron chi connectivity index (χ0n) is 14.9. The number of amides is 2. The predicted molar refractivity (Wildman–Crippen MR) is 105 cm³/mol. The number of carbonyl (C=O) groups excluding carboxylic acids is 2. The first-order valence-corrected chi connectivity index (χ1v) is 8.75. The minimum absolute atomic E-state index is 0.151. The van der Waals surface area contributed by atoms with Gasteiger partial charge in [-0.05, 0) is 49.2 Å². The molecule has 0 unspecified atom stereocenters. The maximum absolute atomic E-state index is 12.6. The number of nitrogens with zero attached hydrogens (tertiary/aromatic N) is 3. The fraction of sp³-hybridized carbons (Fsp3) is 0.200. The second-order valence-electron chi connectivity index (χ2n) is 6.30. The van der Waals surface area contributed by atoms with E-state index >= 15 is 0 Å². The summed E-state index contributed by atoms with van der Waals surface area (Å²) in [6.07, 6.45) is 0.462. The Morgan fingerprint density at radius 1 is 1.22 bits per heavy atom. The molecule has 0 aliphatic carbocycles. The van der Waals surface area contributed by atoms with Gasteiger partial charge in [0.05, 0.1) is 16.3 Å². The molecule has 6 nitrogen and oxygen atoms in total. The molecule has 0 bridgehead atoms. The van der Waals surface area contributed by atoms with Gasteiger partial charge in [0.25, 0.3) is 5.91 Å². The SMILES string of the molecule is Cc1ccc(C)c(N2N=C(C(=O)Nc3ccc(C#N)c(Cl)c3)CCC2=O)c1. The van der Waals surface area contributed by atoms with E-state index < -0.39 is 5.91 Å². The first-order chi connectivity index (χ1) is 12.9. The molecule has 136 valence electrons. The molecule has 1 N–H and O–H groups in total. The quantitative estimate of drug-likeness (QED) is 0.874. The molecular weight excluding hydrogens is 364 g/mol. The molecule has 0 radical (unpaired) electrons. The molecule has 0 saturated heterocycles. The zero-order chi connectivity index (χ0) is 19.6. The van der Waals surface area contributed by atoms with E-state index in [9.17, 15) is 9.59 Å². The standard InChI is InChI=1S/C20H17ClN4O2/c1-12-3-4-13(2)18(9-12)25-19(26)8-7-17(24-25)20(27)23-15-6-5-14(11-22)16(21)10-15/h3-6,9-10H,7-8H2,1-2H3,(H,23,27). The Labute approximate surface area is 162 Å². The lowest BCUT2D eigenvalue weighted by Gasteiger charge is -2.24. The molecule has 2 amide bonds. The van der Waals surface area contributed by atoms with Crippen LogP contribution >= 0.6 is 11.6 Å². The number of rotatable bonds is 3. The van der Waals surface area contributed by atoms with Crippen LogP contribution in [0.15, 0.2) is 41.5 Å². The van der Waals surface area contributed by atoms with Crippen LogP contribution in [-0.4, -0.2) is 17.5 Å². The van der Waals surface area contributed by atoms with E-state index in [4.69, 9.17) is 16.9 Å². The third-order valence-corrected chi connectivity index (χ3v) is 4.55. The van der Waals surface area contributed by atoms with Gasteiger partial charge in [-0.15, -0.1) is 0 Å². The highest BCUT2D eigenvalue weighted by molar-refractivity contribution is 6.44.